The van der Waals surface area contributed by atoms with E-state index >= 15 is 0 Å². The quantitative estimate of drug-likeness (QED) is 0.160. The summed E-state index contributed by atoms with van der Waals surface area (Å²) in [4.78, 5) is 35.4. The number of thiazole rings is 2. The minimum absolute atomic E-state index is 0.409. The standard InChI is InChI=1S/C15H13N7S.C7H2BrN5S.CF2O/c1-15(2,11-6-4-5-7-17-11)20-14-19-8-10(21-22-14)13-18-9-12(16-3)23-13;1-9-5-3-10-6(14-5)4-2-11-7(8)13-12-4;2-1(3)4/h4-9H,1-2H3,(H,19,20,22);2-3H;. The summed E-state index contributed by atoms with van der Waals surface area (Å²) in [6.45, 7) is 17.7. The summed E-state index contributed by atoms with van der Waals surface area (Å²) >= 11 is 5.62. The number of halogens is 3. The molecule has 0 bridgehead atoms. The Bertz CT molecular complexity index is 1660. The van der Waals surface area contributed by atoms with Crippen LogP contribution in [0, 0.1) is 13.1 Å². The molecule has 0 atom stereocenters. The lowest BCUT2D eigenvalue weighted by Crippen LogP contribution is -2.30. The van der Waals surface area contributed by atoms with E-state index in [1.54, 1.807) is 18.6 Å². The first-order valence-corrected chi connectivity index (χ1v) is 13.3. The number of aromatic nitrogens is 9. The van der Waals surface area contributed by atoms with Gasteiger partial charge in [0.2, 0.25) is 10.7 Å². The van der Waals surface area contributed by atoms with Gasteiger partial charge in [-0.2, -0.15) is 0 Å². The highest BCUT2D eigenvalue weighted by molar-refractivity contribution is 9.10. The normalized spacial score (nSPS) is 10.1. The van der Waals surface area contributed by atoms with Gasteiger partial charge in [-0.05, 0) is 41.9 Å². The van der Waals surface area contributed by atoms with Crippen molar-refractivity contribution in [3.05, 3.63) is 82.4 Å². The molecule has 206 valence electrons. The van der Waals surface area contributed by atoms with E-state index in [0.29, 0.717) is 42.1 Å². The van der Waals surface area contributed by atoms with Crippen molar-refractivity contribution in [3.8, 4) is 21.4 Å². The largest absolute Gasteiger partial charge is 0.483 e. The fourth-order valence-electron chi connectivity index (χ4n) is 2.74. The first kappa shape index (κ1) is 30.8. The SMILES string of the molecule is O=C(F)F.[C-]#[N+]c1cnc(-c2cnc(Br)nn2)s1.[C-]#[N+]c1cnc(-c2cnc(NC(C)(C)c3ccccn3)nn2)s1. The van der Waals surface area contributed by atoms with Crippen LogP contribution in [-0.2, 0) is 5.54 Å². The summed E-state index contributed by atoms with van der Waals surface area (Å²) in [6.07, 6.45) is 5.10. The van der Waals surface area contributed by atoms with E-state index in [1.165, 1.54) is 35.1 Å². The van der Waals surface area contributed by atoms with Gasteiger partial charge in [0, 0.05) is 18.6 Å². The van der Waals surface area contributed by atoms with Crippen molar-refractivity contribution < 1.29 is 13.6 Å². The number of carbonyl (C=O) groups is 1. The summed E-state index contributed by atoms with van der Waals surface area (Å²) in [5.74, 6) is 0.409. The Balaban J connectivity index is 0.000000218. The van der Waals surface area contributed by atoms with Crippen LogP contribution < -0.4 is 5.32 Å². The van der Waals surface area contributed by atoms with E-state index in [2.05, 4.69) is 76.3 Å². The lowest BCUT2D eigenvalue weighted by Gasteiger charge is -2.25. The van der Waals surface area contributed by atoms with E-state index in [0.717, 1.165) is 5.69 Å². The Morgan fingerprint density at radius 3 is 1.83 bits per heavy atom. The van der Waals surface area contributed by atoms with Gasteiger partial charge in [0.25, 0.3) is 10.0 Å². The topological polar surface area (TPSA) is 154 Å². The fraction of sp³-hybridized carbons (Fsp3) is 0.130. The van der Waals surface area contributed by atoms with Crippen LogP contribution >= 0.6 is 38.6 Å². The highest BCUT2D eigenvalue weighted by atomic mass is 79.9. The number of pyridine rings is 1. The third-order valence-electron chi connectivity index (χ3n) is 4.47. The smallest absolute Gasteiger partial charge is 0.342 e. The predicted molar refractivity (Wildman–Crippen MR) is 151 cm³/mol. The second-order valence-electron chi connectivity index (χ2n) is 7.70. The zero-order chi connectivity index (χ0) is 29.8. The van der Waals surface area contributed by atoms with E-state index in [9.17, 15) is 8.78 Å². The van der Waals surface area contributed by atoms with Gasteiger partial charge in [0.1, 0.15) is 21.4 Å². The molecule has 0 spiro atoms. The van der Waals surface area contributed by atoms with Gasteiger partial charge in [-0.1, -0.05) is 6.07 Å². The maximum absolute atomic E-state index is 9.69. The first-order chi connectivity index (χ1) is 19.6. The van der Waals surface area contributed by atoms with Crippen LogP contribution in [-0.4, -0.2) is 51.6 Å². The number of hydrogen-bond donors (Lipinski definition) is 1. The Hall–Kier alpha value is -4.78. The highest BCUT2D eigenvalue weighted by Gasteiger charge is 2.23. The minimum Gasteiger partial charge on any atom is -0.342 e. The average molecular weight is 657 g/mol. The minimum atomic E-state index is -2.83. The molecule has 0 saturated heterocycles. The number of carbonyl (C=O) groups excluding carboxylic acids is 1. The molecule has 0 unspecified atom stereocenters. The molecule has 5 aromatic rings. The summed E-state index contributed by atoms with van der Waals surface area (Å²) in [7, 11) is 0. The molecule has 0 aromatic carbocycles. The molecule has 41 heavy (non-hydrogen) atoms. The molecule has 18 heteroatoms. The Morgan fingerprint density at radius 1 is 0.854 bits per heavy atom. The van der Waals surface area contributed by atoms with Crippen LogP contribution in [0.25, 0.3) is 31.1 Å². The summed E-state index contributed by atoms with van der Waals surface area (Å²) in [6, 6.07) is 5.75. The van der Waals surface area contributed by atoms with Gasteiger partial charge in [-0.25, -0.2) is 24.5 Å². The molecule has 13 nitrogen and oxygen atoms in total. The number of anilines is 1. The number of nitrogens with zero attached hydrogens (tertiary/aromatic N) is 11. The van der Waals surface area contributed by atoms with Gasteiger partial charge in [0.15, 0.2) is 0 Å². The highest BCUT2D eigenvalue weighted by Crippen LogP contribution is 2.29. The molecule has 5 rings (SSSR count). The Kier molecular flexibility index (Phi) is 10.9. The van der Waals surface area contributed by atoms with Crippen molar-refractivity contribution in [2.24, 2.45) is 0 Å². The van der Waals surface area contributed by atoms with Crippen molar-refractivity contribution in [3.63, 3.8) is 0 Å². The van der Waals surface area contributed by atoms with Crippen LogP contribution in [0.1, 0.15) is 19.5 Å². The fourth-order valence-corrected chi connectivity index (χ4v) is 4.22. The van der Waals surface area contributed by atoms with Crippen molar-refractivity contribution in [1.29, 1.82) is 0 Å². The third kappa shape index (κ3) is 9.42. The van der Waals surface area contributed by atoms with E-state index in [4.69, 9.17) is 17.9 Å². The number of hydrogen-bond acceptors (Lipinski definition) is 13. The molecule has 0 saturated carbocycles. The Morgan fingerprint density at radius 2 is 1.41 bits per heavy atom. The molecule has 1 N–H and O–H groups in total. The number of rotatable bonds is 5. The van der Waals surface area contributed by atoms with Crippen LogP contribution in [0.3, 0.4) is 0 Å². The van der Waals surface area contributed by atoms with Crippen molar-refractivity contribution in [2.75, 3.05) is 5.32 Å². The van der Waals surface area contributed by atoms with Gasteiger partial charge in [0.05, 0.1) is 36.8 Å². The zero-order valence-electron chi connectivity index (χ0n) is 20.9. The molecule has 0 amide bonds. The molecular formula is C23H15BrF2N12OS2. The van der Waals surface area contributed by atoms with Gasteiger partial charge in [-0.3, -0.25) is 15.0 Å². The first-order valence-electron chi connectivity index (χ1n) is 10.9. The van der Waals surface area contributed by atoms with Crippen molar-refractivity contribution in [1.82, 2.24) is 45.3 Å². The molecular weight excluding hydrogens is 642 g/mol. The van der Waals surface area contributed by atoms with E-state index < -0.39 is 11.8 Å². The Labute approximate surface area is 247 Å². The maximum atomic E-state index is 9.69. The lowest BCUT2D eigenvalue weighted by atomic mass is 10.0. The second kappa shape index (κ2) is 14.6. The molecule has 0 fully saturated rings. The van der Waals surface area contributed by atoms with Crippen LogP contribution in [0.2, 0.25) is 0 Å². The summed E-state index contributed by atoms with van der Waals surface area (Å²) in [5, 5.41) is 21.4. The van der Waals surface area contributed by atoms with Gasteiger partial charge >= 0.3 is 6.29 Å². The second-order valence-corrected chi connectivity index (χ2v) is 10.4. The van der Waals surface area contributed by atoms with Gasteiger partial charge < -0.3 is 5.32 Å². The van der Waals surface area contributed by atoms with E-state index in [1.807, 2.05) is 32.0 Å². The molecule has 0 aliphatic rings. The van der Waals surface area contributed by atoms with Gasteiger partial charge in [-0.15, -0.1) is 51.8 Å². The van der Waals surface area contributed by atoms with Crippen molar-refractivity contribution in [2.45, 2.75) is 19.4 Å². The lowest BCUT2D eigenvalue weighted by molar-refractivity contribution is 0.199. The van der Waals surface area contributed by atoms with Crippen LogP contribution in [0.5, 0.6) is 0 Å². The molecule has 5 heterocycles. The molecule has 0 aliphatic carbocycles. The third-order valence-corrected chi connectivity index (χ3v) is 6.66. The predicted octanol–water partition coefficient (Wildman–Crippen LogP) is 6.64. The van der Waals surface area contributed by atoms with Crippen molar-refractivity contribution >= 4 is 60.8 Å². The maximum Gasteiger partial charge on any atom is 0.483 e. The summed E-state index contributed by atoms with van der Waals surface area (Å²) < 4.78 is 19.8. The average Bonchev–Trinajstić information content (AvgIpc) is 3.65. The molecule has 0 aliphatic heterocycles. The monoisotopic (exact) mass is 656 g/mol. The summed E-state index contributed by atoms with van der Waals surface area (Å²) in [5.41, 5.74) is 1.58. The molecule has 5 aromatic heterocycles. The zero-order valence-corrected chi connectivity index (χ0v) is 24.1. The van der Waals surface area contributed by atoms with Crippen LogP contribution in [0.15, 0.2) is 53.9 Å². The van der Waals surface area contributed by atoms with E-state index in [-0.39, 0.29) is 0 Å². The number of nitrogens with one attached hydrogen (secondary N) is 1. The molecule has 0 radical (unpaired) electrons. The van der Waals surface area contributed by atoms with Crippen LogP contribution in [0.4, 0.5) is 29.5 Å².